The van der Waals surface area contributed by atoms with Gasteiger partial charge < -0.3 is 14.2 Å². The zero-order chi connectivity index (χ0) is 15.1. The smallest absolute Gasteiger partial charge is 0.257 e. The molecule has 22 heavy (non-hydrogen) atoms. The van der Waals surface area contributed by atoms with Crippen molar-refractivity contribution in [3.05, 3.63) is 42.0 Å². The van der Waals surface area contributed by atoms with Gasteiger partial charge in [0.15, 0.2) is 5.82 Å². The maximum Gasteiger partial charge on any atom is 0.257 e. The molecule has 0 spiro atoms. The van der Waals surface area contributed by atoms with E-state index in [0.29, 0.717) is 11.6 Å². The third kappa shape index (κ3) is 2.06. The number of hydrogen-bond acceptors (Lipinski definition) is 5. The SMILES string of the molecule is Cc1ccc(N2CC[C@@H]3[C@@H]2CCN3C(=O)c2ccoc2)nn1. The number of carbonyl (C=O) groups is 1. The average molecular weight is 298 g/mol. The first-order valence-electron chi connectivity index (χ1n) is 7.64. The Morgan fingerprint density at radius 1 is 1.18 bits per heavy atom. The molecule has 0 unspecified atom stereocenters. The fourth-order valence-electron chi connectivity index (χ4n) is 3.62. The first-order valence-corrected chi connectivity index (χ1v) is 7.64. The summed E-state index contributed by atoms with van der Waals surface area (Å²) in [6.45, 7) is 3.64. The fraction of sp³-hybridized carbons (Fsp3) is 0.438. The van der Waals surface area contributed by atoms with Crippen LogP contribution in [0.4, 0.5) is 5.82 Å². The van der Waals surface area contributed by atoms with E-state index in [-0.39, 0.29) is 11.9 Å². The van der Waals surface area contributed by atoms with E-state index in [4.69, 9.17) is 4.42 Å². The molecule has 2 fully saturated rings. The van der Waals surface area contributed by atoms with Gasteiger partial charge in [-0.05, 0) is 38.0 Å². The predicted molar refractivity (Wildman–Crippen MR) is 80.7 cm³/mol. The van der Waals surface area contributed by atoms with E-state index >= 15 is 0 Å². The zero-order valence-electron chi connectivity index (χ0n) is 12.5. The highest BCUT2D eigenvalue weighted by molar-refractivity contribution is 5.94. The molecule has 2 aromatic rings. The summed E-state index contributed by atoms with van der Waals surface area (Å²) >= 11 is 0. The molecule has 2 aromatic heterocycles. The molecule has 2 aliphatic heterocycles. The molecule has 2 saturated heterocycles. The van der Waals surface area contributed by atoms with Gasteiger partial charge in [-0.1, -0.05) is 0 Å². The molecule has 114 valence electrons. The minimum absolute atomic E-state index is 0.0677. The monoisotopic (exact) mass is 298 g/mol. The largest absolute Gasteiger partial charge is 0.472 e. The summed E-state index contributed by atoms with van der Waals surface area (Å²) in [7, 11) is 0. The van der Waals surface area contributed by atoms with Gasteiger partial charge in [-0.25, -0.2) is 0 Å². The molecule has 6 nitrogen and oxygen atoms in total. The number of likely N-dealkylation sites (tertiary alicyclic amines) is 1. The van der Waals surface area contributed by atoms with Gasteiger partial charge in [0, 0.05) is 13.1 Å². The number of aryl methyl sites for hydroxylation is 1. The number of furan rings is 1. The number of hydrogen-bond donors (Lipinski definition) is 0. The van der Waals surface area contributed by atoms with Gasteiger partial charge in [-0.3, -0.25) is 4.79 Å². The van der Waals surface area contributed by atoms with Gasteiger partial charge in [-0.15, -0.1) is 5.10 Å². The third-order valence-electron chi connectivity index (χ3n) is 4.68. The van der Waals surface area contributed by atoms with Crippen molar-refractivity contribution in [3.63, 3.8) is 0 Å². The number of carbonyl (C=O) groups excluding carboxylic acids is 1. The number of rotatable bonds is 2. The van der Waals surface area contributed by atoms with E-state index in [0.717, 1.165) is 37.4 Å². The Hall–Kier alpha value is -2.37. The predicted octanol–water partition coefficient (Wildman–Crippen LogP) is 1.87. The lowest BCUT2D eigenvalue weighted by molar-refractivity contribution is 0.0737. The quantitative estimate of drug-likeness (QED) is 0.847. The summed E-state index contributed by atoms with van der Waals surface area (Å²) in [4.78, 5) is 16.8. The van der Waals surface area contributed by atoms with E-state index in [1.807, 2.05) is 24.0 Å². The van der Waals surface area contributed by atoms with Crippen LogP contribution in [0.3, 0.4) is 0 Å². The third-order valence-corrected chi connectivity index (χ3v) is 4.68. The second-order valence-corrected chi connectivity index (χ2v) is 5.95. The minimum Gasteiger partial charge on any atom is -0.472 e. The topological polar surface area (TPSA) is 62.5 Å². The van der Waals surface area contributed by atoms with E-state index < -0.39 is 0 Å². The lowest BCUT2D eigenvalue weighted by Crippen LogP contribution is -2.39. The van der Waals surface area contributed by atoms with Crippen molar-refractivity contribution in [1.29, 1.82) is 0 Å². The summed E-state index contributed by atoms with van der Waals surface area (Å²) < 4.78 is 5.03. The van der Waals surface area contributed by atoms with E-state index in [1.54, 1.807) is 12.3 Å². The van der Waals surface area contributed by atoms with Crippen molar-refractivity contribution in [1.82, 2.24) is 15.1 Å². The number of anilines is 1. The van der Waals surface area contributed by atoms with E-state index in [2.05, 4.69) is 15.1 Å². The second kappa shape index (κ2) is 5.12. The van der Waals surface area contributed by atoms with Crippen LogP contribution in [0.15, 0.2) is 35.1 Å². The lowest BCUT2D eigenvalue weighted by Gasteiger charge is -2.25. The molecule has 4 heterocycles. The Morgan fingerprint density at radius 3 is 2.77 bits per heavy atom. The van der Waals surface area contributed by atoms with Crippen LogP contribution in [0.2, 0.25) is 0 Å². The van der Waals surface area contributed by atoms with Crippen LogP contribution in [0, 0.1) is 6.92 Å². The summed E-state index contributed by atoms with van der Waals surface area (Å²) in [5.41, 5.74) is 1.55. The van der Waals surface area contributed by atoms with Gasteiger partial charge in [0.2, 0.25) is 0 Å². The zero-order valence-corrected chi connectivity index (χ0v) is 12.5. The van der Waals surface area contributed by atoms with Gasteiger partial charge >= 0.3 is 0 Å². The Morgan fingerprint density at radius 2 is 2.05 bits per heavy atom. The summed E-state index contributed by atoms with van der Waals surface area (Å²) in [5.74, 6) is 0.980. The maximum absolute atomic E-state index is 12.6. The molecule has 0 aromatic carbocycles. The van der Waals surface area contributed by atoms with Crippen LogP contribution in [-0.4, -0.2) is 46.2 Å². The number of amides is 1. The summed E-state index contributed by atoms with van der Waals surface area (Å²) in [6.07, 6.45) is 5.02. The highest BCUT2D eigenvalue weighted by atomic mass is 16.3. The molecule has 2 atom stereocenters. The van der Waals surface area contributed by atoms with Crippen LogP contribution in [0.25, 0.3) is 0 Å². The fourth-order valence-corrected chi connectivity index (χ4v) is 3.62. The molecule has 0 aliphatic carbocycles. The van der Waals surface area contributed by atoms with Crippen LogP contribution >= 0.6 is 0 Å². The Bertz CT molecular complexity index is 668. The Balaban J connectivity index is 1.54. The summed E-state index contributed by atoms with van der Waals surface area (Å²) in [6, 6.07) is 6.33. The minimum atomic E-state index is 0.0677. The van der Waals surface area contributed by atoms with Crippen molar-refractivity contribution in [2.24, 2.45) is 0 Å². The molecule has 4 rings (SSSR count). The number of aromatic nitrogens is 2. The van der Waals surface area contributed by atoms with Crippen molar-refractivity contribution >= 4 is 11.7 Å². The van der Waals surface area contributed by atoms with Crippen molar-refractivity contribution < 1.29 is 9.21 Å². The molecular formula is C16H18N4O2. The van der Waals surface area contributed by atoms with Gasteiger partial charge in [0.05, 0.1) is 29.6 Å². The number of fused-ring (bicyclic) bond motifs is 1. The highest BCUT2D eigenvalue weighted by Crippen LogP contribution is 2.34. The molecule has 0 N–H and O–H groups in total. The van der Waals surface area contributed by atoms with E-state index in [1.165, 1.54) is 6.26 Å². The maximum atomic E-state index is 12.6. The van der Waals surface area contributed by atoms with Crippen LogP contribution in [0.5, 0.6) is 0 Å². The van der Waals surface area contributed by atoms with E-state index in [9.17, 15) is 4.79 Å². The van der Waals surface area contributed by atoms with Crippen LogP contribution in [-0.2, 0) is 0 Å². The normalized spacial score (nSPS) is 23.9. The number of nitrogens with zero attached hydrogens (tertiary/aromatic N) is 4. The second-order valence-electron chi connectivity index (χ2n) is 5.95. The molecule has 0 bridgehead atoms. The highest BCUT2D eigenvalue weighted by Gasteiger charge is 2.45. The molecule has 2 aliphatic rings. The molecule has 0 saturated carbocycles. The Labute approximate surface area is 128 Å². The molecule has 6 heteroatoms. The van der Waals surface area contributed by atoms with Gasteiger partial charge in [0.25, 0.3) is 5.91 Å². The average Bonchev–Trinajstić information content (AvgIpc) is 3.25. The summed E-state index contributed by atoms with van der Waals surface area (Å²) in [5, 5.41) is 8.45. The van der Waals surface area contributed by atoms with Crippen molar-refractivity contribution in [3.8, 4) is 0 Å². The van der Waals surface area contributed by atoms with Gasteiger partial charge in [0.1, 0.15) is 6.26 Å². The van der Waals surface area contributed by atoms with Crippen molar-refractivity contribution in [2.75, 3.05) is 18.0 Å². The van der Waals surface area contributed by atoms with Crippen LogP contribution in [0.1, 0.15) is 28.9 Å². The first-order chi connectivity index (χ1) is 10.7. The van der Waals surface area contributed by atoms with Crippen LogP contribution < -0.4 is 4.90 Å². The molecule has 0 radical (unpaired) electrons. The molecule has 1 amide bonds. The first kappa shape index (κ1) is 13.3. The molecular weight excluding hydrogens is 280 g/mol. The standard InChI is InChI=1S/C16H18N4O2/c1-11-2-3-15(18-17-11)19-7-4-14-13(19)5-8-20(14)16(21)12-6-9-22-10-12/h2-3,6,9-10,13-14H,4-5,7-8H2,1H3/t13-,14+/m0/s1. The van der Waals surface area contributed by atoms with Gasteiger partial charge in [-0.2, -0.15) is 5.10 Å². The lowest BCUT2D eigenvalue weighted by atomic mass is 10.1. The van der Waals surface area contributed by atoms with Crippen molar-refractivity contribution in [2.45, 2.75) is 31.8 Å². The Kier molecular flexibility index (Phi) is 3.10.